The van der Waals surface area contributed by atoms with Crippen molar-refractivity contribution in [1.29, 1.82) is 5.26 Å². The lowest BCUT2D eigenvalue weighted by molar-refractivity contribution is -0.153. The van der Waals surface area contributed by atoms with Gasteiger partial charge in [0.15, 0.2) is 5.78 Å². The predicted octanol–water partition coefficient (Wildman–Crippen LogP) is 4.54. The van der Waals surface area contributed by atoms with Crippen LogP contribution in [0.25, 0.3) is 10.8 Å². The van der Waals surface area contributed by atoms with E-state index >= 15 is 0 Å². The smallest absolute Gasteiger partial charge is 0.306 e. The van der Waals surface area contributed by atoms with E-state index in [9.17, 15) is 32.9 Å². The second kappa shape index (κ2) is 14.0. The monoisotopic (exact) mass is 718 g/mol. The third-order valence-electron chi connectivity index (χ3n) is 10.9. The van der Waals surface area contributed by atoms with Gasteiger partial charge in [-0.15, -0.1) is 6.58 Å². The molecule has 0 radical (unpaired) electrons. The van der Waals surface area contributed by atoms with Crippen LogP contribution in [0.5, 0.6) is 5.88 Å². The highest BCUT2D eigenvalue weighted by Crippen LogP contribution is 2.57. The van der Waals surface area contributed by atoms with E-state index in [0.29, 0.717) is 42.0 Å². The second-order valence-electron chi connectivity index (χ2n) is 15.6. The number of ether oxygens (including phenoxy) is 2. The molecule has 13 heteroatoms. The molecule has 4 aliphatic rings. The number of benzene rings is 1. The number of sulfonamides is 1. The summed E-state index contributed by atoms with van der Waals surface area (Å²) in [5.41, 5.74) is -0.549. The Morgan fingerprint density at radius 2 is 1.94 bits per heavy atom. The van der Waals surface area contributed by atoms with Crippen LogP contribution in [0.3, 0.4) is 0 Å². The average molecular weight is 719 g/mol. The first-order valence-corrected chi connectivity index (χ1v) is 19.4. The van der Waals surface area contributed by atoms with E-state index in [-0.39, 0.29) is 44.7 Å². The molecule has 12 nitrogen and oxygen atoms in total. The van der Waals surface area contributed by atoms with E-state index in [1.54, 1.807) is 18.3 Å². The minimum atomic E-state index is -3.85. The van der Waals surface area contributed by atoms with Crippen LogP contribution in [-0.2, 0) is 40.4 Å². The van der Waals surface area contributed by atoms with Crippen LogP contribution < -0.4 is 9.46 Å². The maximum absolute atomic E-state index is 14.5. The maximum atomic E-state index is 14.5. The van der Waals surface area contributed by atoms with Crippen LogP contribution in [0.1, 0.15) is 89.7 Å². The van der Waals surface area contributed by atoms with Crippen molar-refractivity contribution in [2.75, 3.05) is 13.2 Å². The summed E-state index contributed by atoms with van der Waals surface area (Å²) in [7, 11) is -3.85. The van der Waals surface area contributed by atoms with E-state index in [4.69, 9.17) is 9.47 Å². The van der Waals surface area contributed by atoms with Gasteiger partial charge < -0.3 is 14.4 Å². The first-order valence-electron chi connectivity index (χ1n) is 17.8. The summed E-state index contributed by atoms with van der Waals surface area (Å²) in [6.45, 7) is 9.61. The van der Waals surface area contributed by atoms with Gasteiger partial charge in [-0.25, -0.2) is 13.4 Å². The molecular weight excluding hydrogens is 673 g/mol. The topological polar surface area (TPSA) is 173 Å². The summed E-state index contributed by atoms with van der Waals surface area (Å²) in [5, 5.41) is 10.7. The number of allylic oxidation sites excluding steroid dienone is 1. The standard InChI is InChI=1S/C38H46N4O8S/c1-5-25-19-38(25,36(46)41-51(47,48)27-10-11-27)20-32(43)31-17-26-22-42(31)35(45)30(37(2,3)4)18-33(44)49-14-8-6-7-9-23-15-24(21-39)28-12-13-40-34(50-26)29(28)16-23/h5,12-13,15-16,25-27,30-31H,1,6-11,14,17-20,22H2,2-4H3,(H,41,46)/t25-,26-,30-,31+,38-/m1/s1. The van der Waals surface area contributed by atoms with Gasteiger partial charge in [-0.1, -0.05) is 26.8 Å². The van der Waals surface area contributed by atoms with Gasteiger partial charge in [0.2, 0.25) is 27.7 Å². The first-order chi connectivity index (χ1) is 24.2. The lowest BCUT2D eigenvalue weighted by atomic mass is 9.77. The Morgan fingerprint density at radius 1 is 1.18 bits per heavy atom. The van der Waals surface area contributed by atoms with Crippen molar-refractivity contribution in [3.05, 3.63) is 48.2 Å². The molecule has 1 aromatic carbocycles. The molecule has 1 saturated heterocycles. The van der Waals surface area contributed by atoms with E-state index in [1.165, 1.54) is 4.90 Å². The minimum absolute atomic E-state index is 0.0138. The van der Waals surface area contributed by atoms with E-state index in [2.05, 4.69) is 22.4 Å². The zero-order valence-corrected chi connectivity index (χ0v) is 30.3. The molecule has 1 aromatic heterocycles. The fourth-order valence-electron chi connectivity index (χ4n) is 7.53. The zero-order chi connectivity index (χ0) is 36.7. The summed E-state index contributed by atoms with van der Waals surface area (Å²) < 4.78 is 39.7. The van der Waals surface area contributed by atoms with Crippen molar-refractivity contribution >= 4 is 44.4 Å². The number of Topliss-reactive ketones (excluding diaryl/α,β-unsaturated/α-hetero) is 1. The Morgan fingerprint density at radius 3 is 2.61 bits per heavy atom. The molecule has 4 bridgehead atoms. The van der Waals surface area contributed by atoms with Crippen LogP contribution in [0.15, 0.2) is 37.1 Å². The molecule has 2 saturated carbocycles. The number of pyridine rings is 1. The van der Waals surface area contributed by atoms with Crippen LogP contribution in [0.2, 0.25) is 0 Å². The SMILES string of the molecule is C=C[C@@H]1C[C@]1(CC(=O)[C@@H]1C[C@@H]2CN1C(=O)[C@H](C(C)(C)C)CC(=O)OCCCCCc1cc(C#N)c3ccnc(c3c1)O2)C(=O)NS(=O)(=O)C1CC1. The molecule has 2 aromatic rings. The minimum Gasteiger partial charge on any atom is -0.472 e. The van der Waals surface area contributed by atoms with Crippen molar-refractivity contribution in [3.8, 4) is 11.9 Å². The van der Waals surface area contributed by atoms with Crippen LogP contribution in [-0.4, -0.2) is 72.4 Å². The first kappa shape index (κ1) is 36.5. The number of carbonyl (C=O) groups excluding carboxylic acids is 4. The number of ketones is 1. The van der Waals surface area contributed by atoms with Crippen LogP contribution in [0, 0.1) is 34.0 Å². The number of hydrogen-bond donors (Lipinski definition) is 1. The van der Waals surface area contributed by atoms with Crippen LogP contribution in [0.4, 0.5) is 0 Å². The third-order valence-corrected chi connectivity index (χ3v) is 12.7. The molecule has 5 atom stereocenters. The molecule has 2 amide bonds. The Hall–Kier alpha value is -4.31. The van der Waals surface area contributed by atoms with E-state index in [1.807, 2.05) is 32.9 Å². The molecule has 2 aliphatic carbocycles. The number of cyclic esters (lactones) is 1. The number of carbonyl (C=O) groups is 4. The summed E-state index contributed by atoms with van der Waals surface area (Å²) >= 11 is 0. The normalized spacial score (nSPS) is 27.5. The predicted molar refractivity (Wildman–Crippen MR) is 188 cm³/mol. The number of aryl methyl sites for hydroxylation is 1. The van der Waals surface area contributed by atoms with Gasteiger partial charge in [-0.2, -0.15) is 5.26 Å². The maximum Gasteiger partial charge on any atom is 0.306 e. The number of nitrogens with zero attached hydrogens (tertiary/aromatic N) is 3. The lowest BCUT2D eigenvalue weighted by Crippen LogP contribution is -2.48. The van der Waals surface area contributed by atoms with Gasteiger partial charge in [-0.05, 0) is 80.0 Å². The molecule has 6 rings (SSSR count). The van der Waals surface area contributed by atoms with Crippen LogP contribution >= 0.6 is 0 Å². The largest absolute Gasteiger partial charge is 0.472 e. The number of fused-ring (bicyclic) bond motifs is 3. The van der Waals surface area contributed by atoms with Crippen molar-refractivity contribution < 1.29 is 37.1 Å². The summed E-state index contributed by atoms with van der Waals surface area (Å²) in [4.78, 5) is 61.4. The summed E-state index contributed by atoms with van der Waals surface area (Å²) in [6, 6.07) is 6.84. The molecule has 272 valence electrons. The molecule has 0 unspecified atom stereocenters. The van der Waals surface area contributed by atoms with E-state index < -0.39 is 73.7 Å². The van der Waals surface area contributed by atoms with Crippen molar-refractivity contribution in [2.24, 2.45) is 22.7 Å². The third kappa shape index (κ3) is 7.66. The molecular formula is C38H46N4O8S. The lowest BCUT2D eigenvalue weighted by Gasteiger charge is -2.34. The quantitative estimate of drug-likeness (QED) is 0.317. The van der Waals surface area contributed by atoms with Crippen molar-refractivity contribution in [2.45, 2.75) is 102 Å². The van der Waals surface area contributed by atoms with E-state index in [0.717, 1.165) is 18.4 Å². The van der Waals surface area contributed by atoms with Gasteiger partial charge in [-0.3, -0.25) is 23.9 Å². The highest BCUT2D eigenvalue weighted by atomic mass is 32.2. The fourth-order valence-corrected chi connectivity index (χ4v) is 8.92. The zero-order valence-electron chi connectivity index (χ0n) is 29.5. The number of esters is 1. The fraction of sp³-hybridized carbons (Fsp3) is 0.579. The van der Waals surface area contributed by atoms with Gasteiger partial charge in [0.25, 0.3) is 0 Å². The number of nitrogens with one attached hydrogen (secondary N) is 1. The average Bonchev–Trinajstić information content (AvgIpc) is 4.00. The van der Waals surface area contributed by atoms with Gasteiger partial charge in [0.1, 0.15) is 6.10 Å². The Labute approximate surface area is 299 Å². The number of nitriles is 1. The number of hydrogen-bond acceptors (Lipinski definition) is 10. The van der Waals surface area contributed by atoms with Gasteiger partial charge in [0, 0.05) is 29.8 Å². The molecule has 3 fully saturated rings. The highest BCUT2D eigenvalue weighted by Gasteiger charge is 2.61. The number of amides is 2. The molecule has 51 heavy (non-hydrogen) atoms. The molecule has 2 aliphatic heterocycles. The van der Waals surface area contributed by atoms with Crippen molar-refractivity contribution in [3.63, 3.8) is 0 Å². The van der Waals surface area contributed by atoms with Crippen molar-refractivity contribution in [1.82, 2.24) is 14.6 Å². The Balaban J connectivity index is 1.35. The number of aromatic nitrogens is 1. The molecule has 0 spiro atoms. The molecule has 1 N–H and O–H groups in total. The van der Waals surface area contributed by atoms with Gasteiger partial charge >= 0.3 is 5.97 Å². The summed E-state index contributed by atoms with van der Waals surface area (Å²) in [6.07, 6.45) is 6.24. The Kier molecular flexibility index (Phi) is 10.0. The molecule has 3 heterocycles. The second-order valence-corrected chi connectivity index (χ2v) is 17.6. The summed E-state index contributed by atoms with van der Waals surface area (Å²) in [5.74, 6) is -2.99. The van der Waals surface area contributed by atoms with Gasteiger partial charge in [0.05, 0.1) is 53.8 Å². The highest BCUT2D eigenvalue weighted by molar-refractivity contribution is 7.90. The number of rotatable bonds is 7. The Bertz CT molecular complexity index is 1910.